The SMILES string of the molecule is O=C(NCCCOP(=O)(O)O[C@@H]1[C@H](O)[C@H](O)[C@@H](OP(=O)(O)O)[C@H](OP(=O)(O)O)[C@H]1O)c1cccc2ccccc12. The van der Waals surface area contributed by atoms with Gasteiger partial charge in [-0.05, 0) is 23.3 Å². The summed E-state index contributed by atoms with van der Waals surface area (Å²) in [6.45, 7) is -0.494. The third kappa shape index (κ3) is 8.94. The van der Waals surface area contributed by atoms with E-state index in [2.05, 4.69) is 14.4 Å². The van der Waals surface area contributed by atoms with Crippen LogP contribution in [0.15, 0.2) is 42.5 Å². The van der Waals surface area contributed by atoms with Gasteiger partial charge in [-0.3, -0.25) is 22.9 Å². The van der Waals surface area contributed by atoms with E-state index < -0.39 is 72.6 Å². The molecule has 9 N–H and O–H groups in total. The lowest BCUT2D eigenvalue weighted by atomic mass is 9.85. The van der Waals surface area contributed by atoms with Gasteiger partial charge in [0, 0.05) is 12.1 Å². The summed E-state index contributed by atoms with van der Waals surface area (Å²) in [5, 5.41) is 35.1. The number of aliphatic hydroxyl groups excluding tert-OH is 3. The van der Waals surface area contributed by atoms with E-state index in [0.29, 0.717) is 10.9 Å². The number of aliphatic hydroxyl groups is 3. The second-order valence-electron chi connectivity index (χ2n) is 8.60. The fraction of sp³-hybridized carbons (Fsp3) is 0.450. The Morgan fingerprint density at radius 3 is 1.93 bits per heavy atom. The van der Waals surface area contributed by atoms with Gasteiger partial charge in [0.1, 0.15) is 36.6 Å². The molecule has 0 aromatic heterocycles. The fourth-order valence-corrected chi connectivity index (χ4v) is 6.11. The molecule has 2 aromatic carbocycles. The van der Waals surface area contributed by atoms with E-state index >= 15 is 0 Å². The van der Waals surface area contributed by atoms with Crippen LogP contribution in [0.4, 0.5) is 0 Å². The third-order valence-electron chi connectivity index (χ3n) is 5.69. The highest BCUT2D eigenvalue weighted by Gasteiger charge is 2.56. The Labute approximate surface area is 226 Å². The summed E-state index contributed by atoms with van der Waals surface area (Å²) in [7, 11) is -16.1. The second kappa shape index (κ2) is 13.1. The first-order valence-electron chi connectivity index (χ1n) is 11.4. The minimum atomic E-state index is -5.51. The van der Waals surface area contributed by atoms with Crippen LogP contribution in [-0.4, -0.2) is 95.5 Å². The molecule has 1 aliphatic rings. The summed E-state index contributed by atoms with van der Waals surface area (Å²) in [5.74, 6) is -0.411. The molecule has 7 atom stereocenters. The van der Waals surface area contributed by atoms with Gasteiger partial charge < -0.3 is 45.1 Å². The van der Waals surface area contributed by atoms with E-state index in [1.807, 2.05) is 18.2 Å². The Morgan fingerprint density at radius 2 is 1.30 bits per heavy atom. The summed E-state index contributed by atoms with van der Waals surface area (Å²) in [6, 6.07) is 12.4. The number of benzene rings is 2. The molecule has 224 valence electrons. The van der Waals surface area contributed by atoms with Crippen LogP contribution in [0.25, 0.3) is 10.8 Å². The Balaban J connectivity index is 1.59. The van der Waals surface area contributed by atoms with E-state index in [1.165, 1.54) is 0 Å². The van der Waals surface area contributed by atoms with Crippen molar-refractivity contribution in [2.45, 2.75) is 43.0 Å². The molecule has 0 heterocycles. The average Bonchev–Trinajstić information content (AvgIpc) is 2.85. The number of rotatable bonds is 12. The molecule has 20 heteroatoms. The van der Waals surface area contributed by atoms with Crippen LogP contribution in [0.5, 0.6) is 0 Å². The molecule has 40 heavy (non-hydrogen) atoms. The van der Waals surface area contributed by atoms with Crippen molar-refractivity contribution in [1.82, 2.24) is 5.32 Å². The van der Waals surface area contributed by atoms with Crippen molar-refractivity contribution in [2.24, 2.45) is 0 Å². The molecular weight excluding hydrogens is 603 g/mol. The normalized spacial score (nSPS) is 27.3. The molecule has 2 aromatic rings. The smallest absolute Gasteiger partial charge is 0.387 e. The van der Waals surface area contributed by atoms with E-state index in [-0.39, 0.29) is 13.0 Å². The maximum Gasteiger partial charge on any atom is 0.472 e. The van der Waals surface area contributed by atoms with Crippen LogP contribution in [0.1, 0.15) is 16.8 Å². The highest BCUT2D eigenvalue weighted by molar-refractivity contribution is 7.47. The molecule has 1 saturated carbocycles. The number of phosphoric acid groups is 3. The number of carbonyl (C=O) groups excluding carboxylic acids is 1. The number of hydrogen-bond donors (Lipinski definition) is 9. The highest BCUT2D eigenvalue weighted by Crippen LogP contribution is 2.51. The molecule has 0 aliphatic heterocycles. The van der Waals surface area contributed by atoms with Gasteiger partial charge in [0.05, 0.1) is 6.61 Å². The summed E-state index contributed by atoms with van der Waals surface area (Å²) in [5.41, 5.74) is 0.405. The molecule has 1 unspecified atom stereocenters. The quantitative estimate of drug-likeness (QED) is 0.106. The zero-order valence-electron chi connectivity index (χ0n) is 20.3. The van der Waals surface area contributed by atoms with Crippen molar-refractivity contribution in [3.8, 4) is 0 Å². The number of carbonyl (C=O) groups is 1. The van der Waals surface area contributed by atoms with Crippen molar-refractivity contribution < 1.29 is 76.4 Å². The van der Waals surface area contributed by atoms with E-state index in [1.54, 1.807) is 24.3 Å². The lowest BCUT2D eigenvalue weighted by Crippen LogP contribution is -2.65. The van der Waals surface area contributed by atoms with Gasteiger partial charge in [0.2, 0.25) is 0 Å². The first-order valence-corrected chi connectivity index (χ1v) is 16.0. The predicted octanol–water partition coefficient (Wildman–Crippen LogP) is -0.486. The van der Waals surface area contributed by atoms with Crippen LogP contribution in [0.3, 0.4) is 0 Å². The minimum absolute atomic E-state index is 0.00492. The van der Waals surface area contributed by atoms with Gasteiger partial charge >= 0.3 is 23.5 Å². The predicted molar refractivity (Wildman–Crippen MR) is 133 cm³/mol. The van der Waals surface area contributed by atoms with Gasteiger partial charge in [-0.15, -0.1) is 0 Å². The lowest BCUT2D eigenvalue weighted by molar-refractivity contribution is -0.212. The van der Waals surface area contributed by atoms with Crippen LogP contribution in [0.2, 0.25) is 0 Å². The number of phosphoric ester groups is 3. The van der Waals surface area contributed by atoms with Crippen LogP contribution >= 0.6 is 23.5 Å². The van der Waals surface area contributed by atoms with Gasteiger partial charge in [0.15, 0.2) is 0 Å². The van der Waals surface area contributed by atoms with Gasteiger partial charge in [0.25, 0.3) is 5.91 Å². The molecule has 0 radical (unpaired) electrons. The van der Waals surface area contributed by atoms with Crippen molar-refractivity contribution in [1.29, 1.82) is 0 Å². The Kier molecular flexibility index (Phi) is 10.8. The van der Waals surface area contributed by atoms with Gasteiger partial charge in [-0.25, -0.2) is 13.7 Å². The molecule has 0 saturated heterocycles. The van der Waals surface area contributed by atoms with Crippen molar-refractivity contribution in [3.63, 3.8) is 0 Å². The largest absolute Gasteiger partial charge is 0.472 e. The Hall–Kier alpha value is -1.62. The molecular formula is C20H28NO16P3. The van der Waals surface area contributed by atoms with Crippen LogP contribution < -0.4 is 5.32 Å². The first kappa shape index (κ1) is 32.9. The first-order chi connectivity index (χ1) is 18.5. The summed E-state index contributed by atoms with van der Waals surface area (Å²) < 4.78 is 52.9. The monoisotopic (exact) mass is 631 g/mol. The standard InChI is InChI=1S/C20H28NO16P3/c22-14-15(23)18(35-38(26,27)28)19(36-39(29,30)31)16(24)17(14)37-40(32,33)34-10-4-9-21-20(25)13-8-3-6-11-5-1-2-7-12(11)13/h1-3,5-8,14-19,22-24H,4,9-10H2,(H,21,25)(H,32,33)(H2,26,27,28)(H2,29,30,31)/t14-,15+,16+,17-,18-,19-/m1/s1. The number of nitrogens with one attached hydrogen (secondary N) is 1. The van der Waals surface area contributed by atoms with E-state index in [4.69, 9.17) is 28.6 Å². The molecule has 0 spiro atoms. The van der Waals surface area contributed by atoms with Crippen molar-refractivity contribution in [3.05, 3.63) is 48.0 Å². The topological polar surface area (TPSA) is 279 Å². The maximum atomic E-state index is 12.5. The Bertz CT molecular complexity index is 1320. The lowest BCUT2D eigenvalue weighted by Gasteiger charge is -2.44. The highest BCUT2D eigenvalue weighted by atomic mass is 31.2. The molecule has 1 fully saturated rings. The fourth-order valence-electron chi connectivity index (χ4n) is 4.01. The zero-order valence-corrected chi connectivity index (χ0v) is 23.0. The molecule has 1 amide bonds. The summed E-state index contributed by atoms with van der Waals surface area (Å²) in [4.78, 5) is 58.8. The van der Waals surface area contributed by atoms with Crippen molar-refractivity contribution >= 4 is 40.1 Å². The molecule has 0 bridgehead atoms. The third-order valence-corrected chi connectivity index (χ3v) is 7.74. The average molecular weight is 631 g/mol. The molecule has 1 aliphatic carbocycles. The van der Waals surface area contributed by atoms with E-state index in [0.717, 1.165) is 5.39 Å². The number of hydrogen-bond acceptors (Lipinski definition) is 11. The summed E-state index contributed by atoms with van der Waals surface area (Å²) in [6.07, 6.45) is -14.4. The number of fused-ring (bicyclic) bond motifs is 1. The Morgan fingerprint density at radius 1 is 0.750 bits per heavy atom. The second-order valence-corrected chi connectivity index (χ2v) is 12.4. The van der Waals surface area contributed by atoms with E-state index in [9.17, 15) is 38.7 Å². The molecule has 3 rings (SSSR count). The zero-order chi connectivity index (χ0) is 29.9. The number of amides is 1. The van der Waals surface area contributed by atoms with Crippen molar-refractivity contribution in [2.75, 3.05) is 13.2 Å². The molecule has 17 nitrogen and oxygen atoms in total. The van der Waals surface area contributed by atoms with Gasteiger partial charge in [-0.1, -0.05) is 36.4 Å². The van der Waals surface area contributed by atoms with Gasteiger partial charge in [-0.2, -0.15) is 0 Å². The minimum Gasteiger partial charge on any atom is -0.387 e. The summed E-state index contributed by atoms with van der Waals surface area (Å²) >= 11 is 0. The van der Waals surface area contributed by atoms with Crippen LogP contribution in [-0.2, 0) is 31.8 Å². The maximum absolute atomic E-state index is 12.5. The van der Waals surface area contributed by atoms with Crippen LogP contribution in [0, 0.1) is 0 Å².